The molecule has 1 amide bonds. The van der Waals surface area contributed by atoms with E-state index >= 15 is 0 Å². The van der Waals surface area contributed by atoms with Crippen molar-refractivity contribution in [2.75, 3.05) is 5.75 Å². The molecule has 0 heterocycles. The third-order valence-corrected chi connectivity index (χ3v) is 5.54. The molecule has 0 fully saturated rings. The Morgan fingerprint density at radius 2 is 1.69 bits per heavy atom. The zero-order chi connectivity index (χ0) is 19.2. The maximum Gasteiger partial charge on any atom is 0.221 e. The van der Waals surface area contributed by atoms with Crippen LogP contribution in [0.4, 0.5) is 0 Å². The number of ether oxygens (including phenoxy) is 1. The summed E-state index contributed by atoms with van der Waals surface area (Å²) in [6.45, 7) is 4.12. The summed E-state index contributed by atoms with van der Waals surface area (Å²) in [5.41, 5.74) is 0.895. The van der Waals surface area contributed by atoms with Crippen LogP contribution in [-0.2, 0) is 21.2 Å². The van der Waals surface area contributed by atoms with Crippen LogP contribution in [-0.4, -0.2) is 26.2 Å². The maximum absolute atomic E-state index is 12.3. The average Bonchev–Trinajstić information content (AvgIpc) is 2.59. The number of carbonyl (C=O) groups is 1. The molecule has 26 heavy (non-hydrogen) atoms. The number of nitrogens with one attached hydrogen (secondary N) is 1. The molecule has 0 atom stereocenters. The van der Waals surface area contributed by atoms with Gasteiger partial charge in [0.15, 0.2) is 9.84 Å². The van der Waals surface area contributed by atoms with Gasteiger partial charge in [-0.15, -0.1) is 0 Å². The molecular weight excluding hydrogens is 374 g/mol. The molecule has 2 aromatic rings. The number of sulfone groups is 1. The summed E-state index contributed by atoms with van der Waals surface area (Å²) in [5, 5.41) is 3.33. The first-order valence-electron chi connectivity index (χ1n) is 8.27. The molecule has 140 valence electrons. The summed E-state index contributed by atoms with van der Waals surface area (Å²) in [5.74, 6) is 0.0482. The van der Waals surface area contributed by atoms with E-state index in [9.17, 15) is 13.2 Å². The molecule has 2 aromatic carbocycles. The number of benzene rings is 2. The predicted molar refractivity (Wildman–Crippen MR) is 102 cm³/mol. The highest BCUT2D eigenvalue weighted by Gasteiger charge is 2.16. The number of carbonyl (C=O) groups excluding carboxylic acids is 1. The smallest absolute Gasteiger partial charge is 0.221 e. The summed E-state index contributed by atoms with van der Waals surface area (Å²) >= 11 is 5.80. The molecule has 0 radical (unpaired) electrons. The number of amides is 1. The molecule has 0 unspecified atom stereocenters. The molecule has 0 spiro atoms. The highest BCUT2D eigenvalue weighted by molar-refractivity contribution is 7.91. The lowest BCUT2D eigenvalue weighted by Gasteiger charge is -2.10. The van der Waals surface area contributed by atoms with E-state index in [-0.39, 0.29) is 29.1 Å². The minimum atomic E-state index is -3.52. The topological polar surface area (TPSA) is 72.5 Å². The van der Waals surface area contributed by atoms with Crippen LogP contribution in [0.3, 0.4) is 0 Å². The van der Waals surface area contributed by atoms with E-state index in [1.54, 1.807) is 36.4 Å². The normalized spacial score (nSPS) is 11.4. The highest BCUT2D eigenvalue weighted by atomic mass is 35.5. The van der Waals surface area contributed by atoms with E-state index in [1.165, 1.54) is 12.1 Å². The summed E-state index contributed by atoms with van der Waals surface area (Å²) < 4.78 is 30.2. The Balaban J connectivity index is 1.86. The van der Waals surface area contributed by atoms with Crippen LogP contribution in [0.1, 0.15) is 25.8 Å². The molecule has 0 saturated carbocycles. The molecule has 0 aliphatic carbocycles. The first kappa shape index (κ1) is 20.3. The van der Waals surface area contributed by atoms with Gasteiger partial charge in [-0.05, 0) is 55.8 Å². The molecule has 1 N–H and O–H groups in total. The van der Waals surface area contributed by atoms with Gasteiger partial charge in [0.25, 0.3) is 0 Å². The van der Waals surface area contributed by atoms with E-state index in [0.29, 0.717) is 17.3 Å². The minimum absolute atomic E-state index is 0.0155. The van der Waals surface area contributed by atoms with Gasteiger partial charge in [0, 0.05) is 18.0 Å². The van der Waals surface area contributed by atoms with E-state index in [1.807, 2.05) is 13.8 Å². The second kappa shape index (κ2) is 9.05. The van der Waals surface area contributed by atoms with Crippen molar-refractivity contribution in [1.29, 1.82) is 0 Å². The summed E-state index contributed by atoms with van der Waals surface area (Å²) in [6.07, 6.45) is -0.0815. The Bertz CT molecular complexity index is 831. The van der Waals surface area contributed by atoms with Crippen LogP contribution >= 0.6 is 11.6 Å². The quantitative estimate of drug-likeness (QED) is 0.741. The van der Waals surface area contributed by atoms with E-state index in [0.717, 1.165) is 5.56 Å². The summed E-state index contributed by atoms with van der Waals surface area (Å²) in [7, 11) is -3.52. The van der Waals surface area contributed by atoms with Gasteiger partial charge in [-0.25, -0.2) is 8.42 Å². The average molecular weight is 396 g/mol. The predicted octanol–water partition coefficient (Wildman–Crippen LogP) is 3.61. The Morgan fingerprint density at radius 3 is 2.27 bits per heavy atom. The standard InChI is InChI=1S/C19H22ClNO4S/c1-14(2)25-17-7-9-18(10-8-17)26(23,24)12-11-19(22)21-13-15-3-5-16(20)6-4-15/h3-10,14H,11-13H2,1-2H3,(H,21,22). The fourth-order valence-electron chi connectivity index (χ4n) is 2.23. The second-order valence-electron chi connectivity index (χ2n) is 6.11. The van der Waals surface area contributed by atoms with Crippen LogP contribution in [0, 0.1) is 0 Å². The van der Waals surface area contributed by atoms with Gasteiger partial charge < -0.3 is 10.1 Å². The van der Waals surface area contributed by atoms with Crippen molar-refractivity contribution in [3.63, 3.8) is 0 Å². The van der Waals surface area contributed by atoms with Crippen molar-refractivity contribution in [3.8, 4) is 5.75 Å². The molecule has 7 heteroatoms. The third kappa shape index (κ3) is 6.35. The van der Waals surface area contributed by atoms with E-state index in [4.69, 9.17) is 16.3 Å². The van der Waals surface area contributed by atoms with Gasteiger partial charge >= 0.3 is 0 Å². The molecule has 0 aliphatic rings. The lowest BCUT2D eigenvalue weighted by molar-refractivity contribution is -0.120. The van der Waals surface area contributed by atoms with Crippen molar-refractivity contribution in [2.45, 2.75) is 37.8 Å². The van der Waals surface area contributed by atoms with Crippen molar-refractivity contribution >= 4 is 27.3 Å². The monoisotopic (exact) mass is 395 g/mol. The van der Waals surface area contributed by atoms with Crippen molar-refractivity contribution in [3.05, 3.63) is 59.1 Å². The Labute approximate surface area is 159 Å². The number of hydrogen-bond acceptors (Lipinski definition) is 4. The first-order chi connectivity index (χ1) is 12.3. The number of hydrogen-bond donors (Lipinski definition) is 1. The van der Waals surface area contributed by atoms with Crippen LogP contribution in [0.15, 0.2) is 53.4 Å². The van der Waals surface area contributed by atoms with Crippen molar-refractivity contribution in [2.24, 2.45) is 0 Å². The van der Waals surface area contributed by atoms with Gasteiger partial charge in [0.05, 0.1) is 16.8 Å². The van der Waals surface area contributed by atoms with E-state index < -0.39 is 9.84 Å². The second-order valence-corrected chi connectivity index (χ2v) is 8.66. The minimum Gasteiger partial charge on any atom is -0.491 e. The zero-order valence-electron chi connectivity index (χ0n) is 14.7. The van der Waals surface area contributed by atoms with Crippen LogP contribution in [0.25, 0.3) is 0 Å². The highest BCUT2D eigenvalue weighted by Crippen LogP contribution is 2.18. The molecule has 0 aromatic heterocycles. The molecular formula is C19H22ClNO4S. The molecule has 2 rings (SSSR count). The summed E-state index contributed by atoms with van der Waals surface area (Å²) in [6, 6.07) is 13.3. The molecule has 0 saturated heterocycles. The molecule has 0 aliphatic heterocycles. The SMILES string of the molecule is CC(C)Oc1ccc(S(=O)(=O)CCC(=O)NCc2ccc(Cl)cc2)cc1. The van der Waals surface area contributed by atoms with Crippen molar-refractivity contribution in [1.82, 2.24) is 5.32 Å². The lowest BCUT2D eigenvalue weighted by Crippen LogP contribution is -2.25. The first-order valence-corrected chi connectivity index (χ1v) is 10.3. The lowest BCUT2D eigenvalue weighted by atomic mass is 10.2. The summed E-state index contributed by atoms with van der Waals surface area (Å²) in [4.78, 5) is 12.1. The van der Waals surface area contributed by atoms with E-state index in [2.05, 4.69) is 5.32 Å². The van der Waals surface area contributed by atoms with Crippen LogP contribution < -0.4 is 10.1 Å². The maximum atomic E-state index is 12.3. The number of rotatable bonds is 8. The van der Waals surface area contributed by atoms with Crippen molar-refractivity contribution < 1.29 is 17.9 Å². The Morgan fingerprint density at radius 1 is 1.08 bits per heavy atom. The Hall–Kier alpha value is -2.05. The third-order valence-electron chi connectivity index (χ3n) is 3.56. The van der Waals surface area contributed by atoms with Crippen LogP contribution in [0.5, 0.6) is 5.75 Å². The number of halogens is 1. The Kier molecular flexibility index (Phi) is 7.06. The largest absolute Gasteiger partial charge is 0.491 e. The zero-order valence-corrected chi connectivity index (χ0v) is 16.3. The van der Waals surface area contributed by atoms with Gasteiger partial charge in [0.1, 0.15) is 5.75 Å². The molecule has 0 bridgehead atoms. The van der Waals surface area contributed by atoms with Gasteiger partial charge in [-0.2, -0.15) is 0 Å². The fourth-order valence-corrected chi connectivity index (χ4v) is 3.60. The van der Waals surface area contributed by atoms with Gasteiger partial charge in [-0.1, -0.05) is 23.7 Å². The van der Waals surface area contributed by atoms with Gasteiger partial charge in [-0.3, -0.25) is 4.79 Å². The van der Waals surface area contributed by atoms with Gasteiger partial charge in [0.2, 0.25) is 5.91 Å². The molecule has 5 nitrogen and oxygen atoms in total. The van der Waals surface area contributed by atoms with Crippen LogP contribution in [0.2, 0.25) is 5.02 Å². The fraction of sp³-hybridized carbons (Fsp3) is 0.316.